The van der Waals surface area contributed by atoms with Gasteiger partial charge in [-0.05, 0) is 104 Å². The van der Waals surface area contributed by atoms with E-state index in [-0.39, 0.29) is 5.91 Å². The van der Waals surface area contributed by atoms with Crippen molar-refractivity contribution in [1.82, 2.24) is 9.88 Å². The number of benzene rings is 3. The maximum absolute atomic E-state index is 12.7. The van der Waals surface area contributed by atoms with Gasteiger partial charge in [0.15, 0.2) is 5.17 Å². The molecule has 0 saturated carbocycles. The first-order valence-corrected chi connectivity index (χ1v) is 12.4. The summed E-state index contributed by atoms with van der Waals surface area (Å²) in [4.78, 5) is 18.0. The molecule has 5 rings (SSSR count). The normalized spacial score (nSPS) is 15.7. The summed E-state index contributed by atoms with van der Waals surface area (Å²) in [5.41, 5.74) is 9.89. The van der Waals surface area contributed by atoms with E-state index in [1.54, 1.807) is 0 Å². The van der Waals surface area contributed by atoms with Crippen LogP contribution in [0.1, 0.15) is 28.1 Å². The van der Waals surface area contributed by atoms with Crippen LogP contribution in [0.3, 0.4) is 0 Å². The summed E-state index contributed by atoms with van der Waals surface area (Å²) in [6.45, 7) is 8.28. The van der Waals surface area contributed by atoms with Gasteiger partial charge in [0, 0.05) is 17.1 Å². The zero-order chi connectivity index (χ0) is 24.5. The first-order valence-electron chi connectivity index (χ1n) is 11.6. The van der Waals surface area contributed by atoms with Gasteiger partial charge in [-0.1, -0.05) is 48.5 Å². The molecular weight excluding hydrogens is 450 g/mol. The quantitative estimate of drug-likeness (QED) is 0.314. The third-order valence-corrected chi connectivity index (χ3v) is 6.99. The number of rotatable bonds is 4. The molecule has 1 fully saturated rings. The second-order valence-electron chi connectivity index (χ2n) is 8.90. The molecule has 35 heavy (non-hydrogen) atoms. The zero-order valence-corrected chi connectivity index (χ0v) is 21.1. The predicted molar refractivity (Wildman–Crippen MR) is 147 cm³/mol. The van der Waals surface area contributed by atoms with Crippen molar-refractivity contribution in [3.8, 4) is 16.8 Å². The molecule has 1 N–H and O–H groups in total. The Hall–Kier alpha value is -3.83. The minimum Gasteiger partial charge on any atom is -0.318 e. The van der Waals surface area contributed by atoms with E-state index in [0.717, 1.165) is 39.5 Å². The number of carbonyl (C=O) groups is 1. The van der Waals surface area contributed by atoms with Crippen molar-refractivity contribution in [2.45, 2.75) is 27.7 Å². The first-order chi connectivity index (χ1) is 16.9. The summed E-state index contributed by atoms with van der Waals surface area (Å²) in [7, 11) is 0. The van der Waals surface area contributed by atoms with Crippen LogP contribution in [-0.4, -0.2) is 15.6 Å². The molecule has 1 aliphatic heterocycles. The number of aromatic nitrogens is 1. The maximum atomic E-state index is 12.7. The molecular formula is C30H27N3OS. The number of hydrogen-bond donors (Lipinski definition) is 1. The van der Waals surface area contributed by atoms with E-state index in [9.17, 15) is 4.79 Å². The second-order valence-corrected chi connectivity index (χ2v) is 9.93. The van der Waals surface area contributed by atoms with Crippen molar-refractivity contribution < 1.29 is 4.79 Å². The molecule has 1 aromatic heterocycles. The van der Waals surface area contributed by atoms with Crippen molar-refractivity contribution in [1.29, 1.82) is 0 Å². The number of nitrogens with zero attached hydrogens (tertiary/aromatic N) is 2. The maximum Gasteiger partial charge on any atom is 0.264 e. The van der Waals surface area contributed by atoms with E-state index in [4.69, 9.17) is 0 Å². The Morgan fingerprint density at radius 3 is 2.17 bits per heavy atom. The Labute approximate surface area is 210 Å². The molecule has 1 saturated heterocycles. The van der Waals surface area contributed by atoms with Gasteiger partial charge in [0.25, 0.3) is 5.91 Å². The fourth-order valence-electron chi connectivity index (χ4n) is 4.52. The lowest BCUT2D eigenvalue weighted by molar-refractivity contribution is -0.115. The van der Waals surface area contributed by atoms with E-state index in [1.165, 1.54) is 22.9 Å². The summed E-state index contributed by atoms with van der Waals surface area (Å²) in [5.74, 6) is -0.116. The van der Waals surface area contributed by atoms with Crippen LogP contribution in [-0.2, 0) is 4.79 Å². The van der Waals surface area contributed by atoms with Gasteiger partial charge in [-0.25, -0.2) is 4.99 Å². The Kier molecular flexibility index (Phi) is 6.18. The molecule has 0 atom stereocenters. The Morgan fingerprint density at radius 2 is 1.49 bits per heavy atom. The van der Waals surface area contributed by atoms with E-state index in [2.05, 4.69) is 89.4 Å². The molecule has 0 spiro atoms. The van der Waals surface area contributed by atoms with E-state index < -0.39 is 0 Å². The highest BCUT2D eigenvalue weighted by molar-refractivity contribution is 8.18. The van der Waals surface area contributed by atoms with Gasteiger partial charge in [-0.2, -0.15) is 0 Å². The monoisotopic (exact) mass is 477 g/mol. The van der Waals surface area contributed by atoms with Crippen LogP contribution >= 0.6 is 11.8 Å². The van der Waals surface area contributed by atoms with E-state index >= 15 is 0 Å². The number of aliphatic imine (C=N–C) groups is 1. The average Bonchev–Trinajstić information content (AvgIpc) is 3.31. The fraction of sp³-hybridized carbons (Fsp3) is 0.133. The highest BCUT2D eigenvalue weighted by Crippen LogP contribution is 2.31. The number of amidine groups is 1. The summed E-state index contributed by atoms with van der Waals surface area (Å²) >= 11 is 1.38. The molecule has 1 amide bonds. The Bertz CT molecular complexity index is 1460. The molecule has 174 valence electrons. The van der Waals surface area contributed by atoms with Crippen LogP contribution in [0.25, 0.3) is 22.9 Å². The highest BCUT2D eigenvalue weighted by Gasteiger charge is 2.24. The molecule has 0 aliphatic carbocycles. The summed E-state index contributed by atoms with van der Waals surface area (Å²) < 4.78 is 2.23. The van der Waals surface area contributed by atoms with Crippen LogP contribution in [0, 0.1) is 27.7 Å². The van der Waals surface area contributed by atoms with E-state index in [1.807, 2.05) is 38.1 Å². The highest BCUT2D eigenvalue weighted by atomic mass is 32.2. The summed E-state index contributed by atoms with van der Waals surface area (Å²) in [5, 5.41) is 3.51. The average molecular weight is 478 g/mol. The zero-order valence-electron chi connectivity index (χ0n) is 20.3. The number of nitrogens with one attached hydrogen (secondary N) is 1. The summed E-state index contributed by atoms with van der Waals surface area (Å²) in [6.07, 6.45) is 1.96. The van der Waals surface area contributed by atoms with Crippen LogP contribution in [0.5, 0.6) is 0 Å². The van der Waals surface area contributed by atoms with Gasteiger partial charge in [0.05, 0.1) is 10.6 Å². The molecule has 4 nitrogen and oxygen atoms in total. The van der Waals surface area contributed by atoms with Gasteiger partial charge in [0.1, 0.15) is 0 Å². The molecule has 5 heteroatoms. The van der Waals surface area contributed by atoms with Gasteiger partial charge >= 0.3 is 0 Å². The largest absolute Gasteiger partial charge is 0.318 e. The van der Waals surface area contributed by atoms with Crippen LogP contribution < -0.4 is 5.32 Å². The van der Waals surface area contributed by atoms with Crippen molar-refractivity contribution >= 4 is 34.6 Å². The van der Waals surface area contributed by atoms with Gasteiger partial charge in [-0.3, -0.25) is 4.79 Å². The first kappa shape index (κ1) is 22.9. The van der Waals surface area contributed by atoms with Gasteiger partial charge in [0.2, 0.25) is 0 Å². The number of hydrogen-bond acceptors (Lipinski definition) is 3. The van der Waals surface area contributed by atoms with Gasteiger partial charge < -0.3 is 9.88 Å². The molecule has 0 unspecified atom stereocenters. The Morgan fingerprint density at radius 1 is 0.829 bits per heavy atom. The lowest BCUT2D eigenvalue weighted by atomic mass is 10.1. The van der Waals surface area contributed by atoms with Crippen LogP contribution in [0.4, 0.5) is 5.69 Å². The predicted octanol–water partition coefficient (Wildman–Crippen LogP) is 7.27. The minimum absolute atomic E-state index is 0.116. The number of aryl methyl sites for hydroxylation is 3. The summed E-state index contributed by atoms with van der Waals surface area (Å²) in [6, 6.07) is 27.2. The fourth-order valence-corrected chi connectivity index (χ4v) is 5.35. The molecule has 0 radical (unpaired) electrons. The van der Waals surface area contributed by atoms with Crippen molar-refractivity contribution in [2.24, 2.45) is 4.99 Å². The van der Waals surface area contributed by atoms with Crippen molar-refractivity contribution in [3.63, 3.8) is 0 Å². The number of thioether (sulfide) groups is 1. The van der Waals surface area contributed by atoms with Crippen LogP contribution in [0.2, 0.25) is 0 Å². The van der Waals surface area contributed by atoms with Gasteiger partial charge in [-0.15, -0.1) is 0 Å². The lowest BCUT2D eigenvalue weighted by Gasteiger charge is -2.11. The minimum atomic E-state index is -0.116. The van der Waals surface area contributed by atoms with Crippen molar-refractivity contribution in [2.75, 3.05) is 0 Å². The molecule has 2 heterocycles. The number of carbonyl (C=O) groups excluding carboxylic acids is 1. The number of amides is 1. The molecule has 1 aliphatic rings. The molecule has 0 bridgehead atoms. The van der Waals surface area contributed by atoms with E-state index in [0.29, 0.717) is 10.1 Å². The third-order valence-electron chi connectivity index (χ3n) is 6.08. The third kappa shape index (κ3) is 4.86. The van der Waals surface area contributed by atoms with Crippen molar-refractivity contribution in [3.05, 3.63) is 112 Å². The lowest BCUT2D eigenvalue weighted by Crippen LogP contribution is -2.19. The Balaban J connectivity index is 1.41. The molecule has 4 aromatic rings. The smallest absolute Gasteiger partial charge is 0.264 e. The topological polar surface area (TPSA) is 46.4 Å². The molecule has 3 aromatic carbocycles. The van der Waals surface area contributed by atoms with Crippen LogP contribution in [0.15, 0.2) is 88.8 Å². The standard InChI is InChI=1S/C30H27N3OS/c1-19-14-20(2)16-26(15-19)31-30-32-29(34)28(35-30)18-25-17-21(3)33(22(25)4)27-12-10-24(11-13-27)23-8-6-5-7-9-23/h5-18H,1-4H3,(H,31,32,34)/b28-18-. The second kappa shape index (κ2) is 9.43. The SMILES string of the molecule is Cc1cc(C)cc(N=C2NC(=O)/C(=C/c3cc(C)n(-c4ccc(-c5ccccc5)cc4)c3C)S2)c1.